The zero-order chi connectivity index (χ0) is 16.5. The zero-order valence-electron chi connectivity index (χ0n) is 12.2. The smallest absolute Gasteiger partial charge is 0.352 e. The van der Waals surface area contributed by atoms with Gasteiger partial charge in [-0.1, -0.05) is 11.6 Å². The summed E-state index contributed by atoms with van der Waals surface area (Å²) in [7, 11) is 1.11. The molecule has 1 saturated heterocycles. The van der Waals surface area contributed by atoms with Crippen molar-refractivity contribution in [1.82, 2.24) is 15.3 Å². The van der Waals surface area contributed by atoms with E-state index >= 15 is 0 Å². The Balaban J connectivity index is 2.14. The van der Waals surface area contributed by atoms with Crippen molar-refractivity contribution in [2.24, 2.45) is 0 Å². The van der Waals surface area contributed by atoms with Gasteiger partial charge in [0.15, 0.2) is 0 Å². The highest BCUT2D eigenvalue weighted by Crippen LogP contribution is 2.38. The van der Waals surface area contributed by atoms with Crippen LogP contribution in [0.15, 0.2) is 6.07 Å². The molecule has 0 unspecified atom stereocenters. The van der Waals surface area contributed by atoms with E-state index in [4.69, 9.17) is 11.6 Å². The lowest BCUT2D eigenvalue weighted by Crippen LogP contribution is -2.61. The molecule has 2 N–H and O–H groups in total. The highest BCUT2D eigenvalue weighted by molar-refractivity contribution is 6.29. The van der Waals surface area contributed by atoms with Crippen LogP contribution in [-0.4, -0.2) is 52.6 Å². The normalized spacial score (nSPS) is 18.2. The summed E-state index contributed by atoms with van der Waals surface area (Å²) >= 11 is 5.86. The first-order chi connectivity index (χ1) is 10.2. The Hall–Kier alpha value is -1.54. The molecule has 0 bridgehead atoms. The number of anilines is 1. The topological polar surface area (TPSA) is 78.4 Å². The number of nitrogens with one attached hydrogen (secondary N) is 1. The van der Waals surface area contributed by atoms with Gasteiger partial charge in [0.25, 0.3) is 5.91 Å². The van der Waals surface area contributed by atoms with Gasteiger partial charge in [-0.05, 0) is 6.92 Å². The molecule has 0 spiro atoms. The second-order valence-corrected chi connectivity index (χ2v) is 5.66. The van der Waals surface area contributed by atoms with Crippen LogP contribution in [-0.2, 0) is 4.79 Å². The molecule has 1 fully saturated rings. The van der Waals surface area contributed by atoms with Crippen molar-refractivity contribution >= 4 is 23.3 Å². The summed E-state index contributed by atoms with van der Waals surface area (Å²) in [6.45, 7) is 1.95. The number of nitrogens with zero attached hydrogens (tertiary/aromatic N) is 3. The van der Waals surface area contributed by atoms with Crippen molar-refractivity contribution in [2.75, 3.05) is 25.0 Å². The van der Waals surface area contributed by atoms with Crippen molar-refractivity contribution < 1.29 is 18.7 Å². The minimum Gasteiger partial charge on any atom is -0.383 e. The van der Waals surface area contributed by atoms with Crippen molar-refractivity contribution in [3.8, 4) is 0 Å². The quantitative estimate of drug-likeness (QED) is 0.811. The number of carbonyl (C=O) groups excluding carboxylic acids is 1. The first-order valence-corrected chi connectivity index (χ1v) is 7.16. The summed E-state index contributed by atoms with van der Waals surface area (Å²) in [6.07, 6.45) is -0.512. The summed E-state index contributed by atoms with van der Waals surface area (Å²) in [5.74, 6) is -4.33. The van der Waals surface area contributed by atoms with Crippen molar-refractivity contribution in [2.45, 2.75) is 31.3 Å². The number of carbonyl (C=O) groups is 1. The highest BCUT2D eigenvalue weighted by Gasteiger charge is 2.58. The van der Waals surface area contributed by atoms with E-state index in [1.54, 1.807) is 11.8 Å². The second kappa shape index (κ2) is 5.92. The van der Waals surface area contributed by atoms with E-state index in [0.29, 0.717) is 11.6 Å². The van der Waals surface area contributed by atoms with E-state index < -0.39 is 17.4 Å². The van der Waals surface area contributed by atoms with Gasteiger partial charge < -0.3 is 15.3 Å². The first-order valence-electron chi connectivity index (χ1n) is 6.78. The molecule has 1 amide bonds. The molecular formula is C13H17ClF2N4O2. The van der Waals surface area contributed by atoms with Crippen LogP contribution in [0.2, 0.25) is 5.15 Å². The minimum atomic E-state index is -3.84. The Bertz CT molecular complexity index is 557. The molecule has 122 valence electrons. The van der Waals surface area contributed by atoms with E-state index in [9.17, 15) is 18.7 Å². The number of alkyl halides is 2. The molecule has 0 aliphatic carbocycles. The molecule has 2 rings (SSSR count). The summed E-state index contributed by atoms with van der Waals surface area (Å²) < 4.78 is 28.0. The van der Waals surface area contributed by atoms with Gasteiger partial charge in [-0.2, -0.15) is 8.78 Å². The maximum absolute atomic E-state index is 14.0. The first kappa shape index (κ1) is 16.8. The Labute approximate surface area is 131 Å². The van der Waals surface area contributed by atoms with Crippen LogP contribution in [0.3, 0.4) is 0 Å². The van der Waals surface area contributed by atoms with Crippen LogP contribution in [0.25, 0.3) is 0 Å². The molecule has 9 heteroatoms. The fourth-order valence-corrected chi connectivity index (χ4v) is 2.69. The standard InChI is InChI=1S/C13H17ClF2N4O2/c1-8-18-9(14)7-10(19-8)20-5-3-12(22,4-6-20)13(15,16)11(21)17-2/h7,22H,3-6H2,1-2H3,(H,17,21). The average Bonchev–Trinajstić information content (AvgIpc) is 2.45. The SMILES string of the molecule is CNC(=O)C(F)(F)C1(O)CCN(c2cc(Cl)nc(C)n2)CC1. The number of amides is 1. The molecule has 0 radical (unpaired) electrons. The summed E-state index contributed by atoms with van der Waals surface area (Å²) in [4.78, 5) is 21.2. The van der Waals surface area contributed by atoms with Crippen LogP contribution in [0.4, 0.5) is 14.6 Å². The predicted octanol–water partition coefficient (Wildman–Crippen LogP) is 1.15. The number of aliphatic hydroxyl groups is 1. The summed E-state index contributed by atoms with van der Waals surface area (Å²) in [5, 5.41) is 12.3. The number of hydrogen-bond donors (Lipinski definition) is 2. The number of rotatable bonds is 3. The Kier molecular flexibility index (Phi) is 4.53. The summed E-state index contributed by atoms with van der Waals surface area (Å²) in [5.41, 5.74) is -2.37. The number of halogens is 3. The third-order valence-electron chi connectivity index (χ3n) is 3.80. The molecule has 1 aromatic heterocycles. The maximum Gasteiger partial charge on any atom is 0.352 e. The molecule has 2 heterocycles. The van der Waals surface area contributed by atoms with Crippen molar-refractivity contribution in [1.29, 1.82) is 0 Å². The average molecular weight is 335 g/mol. The largest absolute Gasteiger partial charge is 0.383 e. The number of aromatic nitrogens is 2. The highest BCUT2D eigenvalue weighted by atomic mass is 35.5. The van der Waals surface area contributed by atoms with Crippen LogP contribution >= 0.6 is 11.6 Å². The van der Waals surface area contributed by atoms with E-state index in [0.717, 1.165) is 7.05 Å². The fraction of sp³-hybridized carbons (Fsp3) is 0.615. The van der Waals surface area contributed by atoms with Gasteiger partial charge in [0, 0.05) is 39.0 Å². The number of piperidine rings is 1. The van der Waals surface area contributed by atoms with Gasteiger partial charge in [0.05, 0.1) is 0 Å². The fourth-order valence-electron chi connectivity index (χ4n) is 2.47. The monoisotopic (exact) mass is 334 g/mol. The van der Waals surface area contributed by atoms with Gasteiger partial charge in [-0.15, -0.1) is 0 Å². The Morgan fingerprint density at radius 1 is 1.45 bits per heavy atom. The van der Waals surface area contributed by atoms with E-state index in [1.165, 1.54) is 6.07 Å². The third kappa shape index (κ3) is 2.98. The number of hydrogen-bond acceptors (Lipinski definition) is 5. The third-order valence-corrected chi connectivity index (χ3v) is 4.00. The zero-order valence-corrected chi connectivity index (χ0v) is 13.0. The minimum absolute atomic E-state index is 0.135. The molecule has 1 aromatic rings. The van der Waals surface area contributed by atoms with Gasteiger partial charge in [-0.3, -0.25) is 4.79 Å². The molecule has 1 aliphatic rings. The van der Waals surface area contributed by atoms with Crippen LogP contribution in [0.5, 0.6) is 0 Å². The molecule has 0 aromatic carbocycles. The van der Waals surface area contributed by atoms with Crippen LogP contribution in [0.1, 0.15) is 18.7 Å². The molecule has 1 aliphatic heterocycles. The second-order valence-electron chi connectivity index (χ2n) is 5.27. The van der Waals surface area contributed by atoms with E-state index in [-0.39, 0.29) is 31.1 Å². The summed E-state index contributed by atoms with van der Waals surface area (Å²) in [6, 6.07) is 1.54. The maximum atomic E-state index is 14.0. The van der Waals surface area contributed by atoms with Crippen LogP contribution in [0, 0.1) is 6.92 Å². The van der Waals surface area contributed by atoms with Crippen molar-refractivity contribution in [3.05, 3.63) is 17.0 Å². The molecular weight excluding hydrogens is 318 g/mol. The molecule has 6 nitrogen and oxygen atoms in total. The lowest BCUT2D eigenvalue weighted by molar-refractivity contribution is -0.197. The molecule has 0 saturated carbocycles. The lowest BCUT2D eigenvalue weighted by Gasteiger charge is -2.41. The molecule has 0 atom stereocenters. The van der Waals surface area contributed by atoms with Crippen LogP contribution < -0.4 is 10.2 Å². The Morgan fingerprint density at radius 2 is 2.05 bits per heavy atom. The van der Waals surface area contributed by atoms with E-state index in [2.05, 4.69) is 9.97 Å². The Morgan fingerprint density at radius 3 is 2.55 bits per heavy atom. The van der Waals surface area contributed by atoms with Gasteiger partial charge in [0.1, 0.15) is 22.4 Å². The predicted molar refractivity (Wildman–Crippen MR) is 77.2 cm³/mol. The van der Waals surface area contributed by atoms with Gasteiger partial charge >= 0.3 is 5.92 Å². The van der Waals surface area contributed by atoms with Gasteiger partial charge in [-0.25, -0.2) is 9.97 Å². The molecule has 22 heavy (non-hydrogen) atoms. The van der Waals surface area contributed by atoms with Gasteiger partial charge in [0.2, 0.25) is 0 Å². The van der Waals surface area contributed by atoms with Crippen molar-refractivity contribution in [3.63, 3.8) is 0 Å². The lowest BCUT2D eigenvalue weighted by atomic mass is 9.84. The van der Waals surface area contributed by atoms with E-state index in [1.807, 2.05) is 5.32 Å². The number of aryl methyl sites for hydroxylation is 1.